The molecule has 0 aliphatic rings. The molecule has 0 aliphatic carbocycles. The molecular weight excluding hydrogens is 428 g/mol. The van der Waals surface area contributed by atoms with Crippen molar-refractivity contribution in [2.45, 2.75) is 66.0 Å². The van der Waals surface area contributed by atoms with Gasteiger partial charge in [-0.15, -0.1) is 0 Å². The highest BCUT2D eigenvalue weighted by molar-refractivity contribution is 5.88. The Labute approximate surface area is 204 Å². The van der Waals surface area contributed by atoms with Gasteiger partial charge in [-0.3, -0.25) is 9.59 Å². The van der Waals surface area contributed by atoms with Crippen LogP contribution in [0.4, 0.5) is 0 Å². The fourth-order valence-corrected chi connectivity index (χ4v) is 3.70. The summed E-state index contributed by atoms with van der Waals surface area (Å²) in [6.07, 6.45) is 0.504. The third kappa shape index (κ3) is 7.79. The molecule has 0 heterocycles. The van der Waals surface area contributed by atoms with Gasteiger partial charge in [-0.05, 0) is 47.1 Å². The van der Waals surface area contributed by atoms with Crippen molar-refractivity contribution in [2.24, 2.45) is 5.92 Å². The van der Waals surface area contributed by atoms with Crippen LogP contribution in [0, 0.1) is 5.92 Å². The lowest BCUT2D eigenvalue weighted by Crippen LogP contribution is -2.50. The summed E-state index contributed by atoms with van der Waals surface area (Å²) in [5, 5.41) is 2.98. The zero-order valence-electron chi connectivity index (χ0n) is 21.7. The van der Waals surface area contributed by atoms with Crippen LogP contribution in [0.3, 0.4) is 0 Å². The van der Waals surface area contributed by atoms with Crippen molar-refractivity contribution in [2.75, 3.05) is 20.3 Å². The number of amides is 2. The summed E-state index contributed by atoms with van der Waals surface area (Å²) >= 11 is 0. The topological polar surface area (TPSA) is 67.9 Å². The first-order valence-corrected chi connectivity index (χ1v) is 12.0. The second kappa shape index (κ2) is 12.4. The number of para-hydroxylation sites is 1. The molecule has 0 saturated heterocycles. The number of rotatable bonds is 11. The molecule has 0 aromatic heterocycles. The molecule has 2 aromatic carbocycles. The second-order valence-electron chi connectivity index (χ2n) is 9.97. The van der Waals surface area contributed by atoms with E-state index in [1.54, 1.807) is 12.0 Å². The monoisotopic (exact) mass is 468 g/mol. The van der Waals surface area contributed by atoms with Crippen molar-refractivity contribution < 1.29 is 19.1 Å². The van der Waals surface area contributed by atoms with E-state index in [2.05, 4.69) is 26.1 Å². The molecule has 0 bridgehead atoms. The van der Waals surface area contributed by atoms with Crippen LogP contribution in [0.5, 0.6) is 11.5 Å². The molecule has 2 rings (SSSR count). The van der Waals surface area contributed by atoms with Gasteiger partial charge in [0, 0.05) is 13.1 Å². The zero-order chi connectivity index (χ0) is 25.3. The molecule has 0 unspecified atom stereocenters. The van der Waals surface area contributed by atoms with Crippen molar-refractivity contribution in [3.8, 4) is 11.5 Å². The van der Waals surface area contributed by atoms with E-state index in [-0.39, 0.29) is 23.8 Å². The molecule has 0 saturated carbocycles. The number of nitrogens with one attached hydrogen (secondary N) is 1. The summed E-state index contributed by atoms with van der Waals surface area (Å²) < 4.78 is 11.3. The smallest absolute Gasteiger partial charge is 0.261 e. The van der Waals surface area contributed by atoms with Gasteiger partial charge in [0.15, 0.2) is 6.61 Å². The fourth-order valence-electron chi connectivity index (χ4n) is 3.70. The minimum atomic E-state index is -0.588. The van der Waals surface area contributed by atoms with Crippen LogP contribution in [0.15, 0.2) is 48.5 Å². The summed E-state index contributed by atoms with van der Waals surface area (Å²) in [4.78, 5) is 28.1. The standard InChI is InChI=1S/C28H40N2O4/c1-8-24(27(32)29-17-20(2)3)30(18-21-13-15-22(33-7)16-14-21)26(31)19-34-25-12-10-9-11-23(25)28(4,5)6/h9-16,20,24H,8,17-19H2,1-7H3,(H,29,32)/t24-/m1/s1. The molecule has 2 amide bonds. The van der Waals surface area contributed by atoms with Gasteiger partial charge >= 0.3 is 0 Å². The van der Waals surface area contributed by atoms with Gasteiger partial charge in [0.2, 0.25) is 5.91 Å². The first-order valence-electron chi connectivity index (χ1n) is 12.0. The third-order valence-corrected chi connectivity index (χ3v) is 5.63. The average molecular weight is 469 g/mol. The maximum atomic E-state index is 13.4. The van der Waals surface area contributed by atoms with Crippen LogP contribution in [-0.4, -0.2) is 43.0 Å². The quantitative estimate of drug-likeness (QED) is 0.507. The summed E-state index contributed by atoms with van der Waals surface area (Å²) in [7, 11) is 1.61. The summed E-state index contributed by atoms with van der Waals surface area (Å²) in [6.45, 7) is 13.1. The van der Waals surface area contributed by atoms with Crippen molar-refractivity contribution >= 4 is 11.8 Å². The van der Waals surface area contributed by atoms with Crippen LogP contribution in [-0.2, 0) is 21.5 Å². The maximum absolute atomic E-state index is 13.4. The number of carbonyl (C=O) groups is 2. The van der Waals surface area contributed by atoms with E-state index in [4.69, 9.17) is 9.47 Å². The highest BCUT2D eigenvalue weighted by Crippen LogP contribution is 2.31. The van der Waals surface area contributed by atoms with E-state index in [1.165, 1.54) is 0 Å². The van der Waals surface area contributed by atoms with Crippen molar-refractivity contribution in [3.63, 3.8) is 0 Å². The molecule has 0 fully saturated rings. The number of nitrogens with zero attached hydrogens (tertiary/aromatic N) is 1. The molecule has 2 aromatic rings. The van der Waals surface area contributed by atoms with Gasteiger partial charge in [0.05, 0.1) is 7.11 Å². The largest absolute Gasteiger partial charge is 0.497 e. The van der Waals surface area contributed by atoms with Crippen LogP contribution in [0.25, 0.3) is 0 Å². The molecule has 6 heteroatoms. The second-order valence-corrected chi connectivity index (χ2v) is 9.97. The highest BCUT2D eigenvalue weighted by Gasteiger charge is 2.29. The summed E-state index contributed by atoms with van der Waals surface area (Å²) in [5.41, 5.74) is 1.83. The molecule has 34 heavy (non-hydrogen) atoms. The minimum absolute atomic E-state index is 0.120. The van der Waals surface area contributed by atoms with Gasteiger partial charge in [0.25, 0.3) is 5.91 Å². The third-order valence-electron chi connectivity index (χ3n) is 5.63. The Balaban J connectivity index is 2.26. The summed E-state index contributed by atoms with van der Waals surface area (Å²) in [5.74, 6) is 1.37. The number of hydrogen-bond acceptors (Lipinski definition) is 4. The molecule has 186 valence electrons. The maximum Gasteiger partial charge on any atom is 0.261 e. The predicted octanol–water partition coefficient (Wildman–Crippen LogP) is 4.95. The van der Waals surface area contributed by atoms with Crippen molar-refractivity contribution in [1.29, 1.82) is 0 Å². The fraction of sp³-hybridized carbons (Fsp3) is 0.500. The Kier molecular flexibility index (Phi) is 9.97. The number of methoxy groups -OCH3 is 1. The lowest BCUT2D eigenvalue weighted by Gasteiger charge is -2.31. The molecule has 0 spiro atoms. The lowest BCUT2D eigenvalue weighted by molar-refractivity contribution is -0.143. The Morgan fingerprint density at radius 1 is 1.03 bits per heavy atom. The molecule has 1 atom stereocenters. The molecule has 0 radical (unpaired) electrons. The highest BCUT2D eigenvalue weighted by atomic mass is 16.5. The predicted molar refractivity (Wildman–Crippen MR) is 136 cm³/mol. The Bertz CT molecular complexity index is 932. The van der Waals surface area contributed by atoms with Crippen molar-refractivity contribution in [3.05, 3.63) is 59.7 Å². The van der Waals surface area contributed by atoms with Gasteiger partial charge in [-0.2, -0.15) is 0 Å². The van der Waals surface area contributed by atoms with Gasteiger partial charge in [-0.1, -0.05) is 71.9 Å². The van der Waals surface area contributed by atoms with Gasteiger partial charge in [0.1, 0.15) is 17.5 Å². The molecule has 6 nitrogen and oxygen atoms in total. The number of carbonyl (C=O) groups excluding carboxylic acids is 2. The van der Waals surface area contributed by atoms with Crippen LogP contribution >= 0.6 is 0 Å². The first-order chi connectivity index (χ1) is 16.1. The van der Waals surface area contributed by atoms with Gasteiger partial charge in [-0.25, -0.2) is 0 Å². The van der Waals surface area contributed by atoms with E-state index in [9.17, 15) is 9.59 Å². The molecular formula is C28H40N2O4. The minimum Gasteiger partial charge on any atom is -0.497 e. The zero-order valence-corrected chi connectivity index (χ0v) is 21.7. The van der Waals surface area contributed by atoms with Crippen LogP contribution < -0.4 is 14.8 Å². The molecule has 0 aliphatic heterocycles. The van der Waals surface area contributed by atoms with E-state index in [1.807, 2.05) is 69.3 Å². The lowest BCUT2D eigenvalue weighted by atomic mass is 9.86. The normalized spacial score (nSPS) is 12.2. The summed E-state index contributed by atoms with van der Waals surface area (Å²) in [6, 6.07) is 14.7. The van der Waals surface area contributed by atoms with Crippen molar-refractivity contribution in [1.82, 2.24) is 10.2 Å². The van der Waals surface area contributed by atoms with E-state index in [0.717, 1.165) is 16.9 Å². The van der Waals surface area contributed by atoms with E-state index < -0.39 is 6.04 Å². The van der Waals surface area contributed by atoms with E-state index >= 15 is 0 Å². The Morgan fingerprint density at radius 3 is 2.24 bits per heavy atom. The number of benzene rings is 2. The van der Waals surface area contributed by atoms with Crippen LogP contribution in [0.1, 0.15) is 59.1 Å². The van der Waals surface area contributed by atoms with Crippen LogP contribution in [0.2, 0.25) is 0 Å². The Morgan fingerprint density at radius 2 is 1.68 bits per heavy atom. The molecule has 1 N–H and O–H groups in total. The number of hydrogen-bond donors (Lipinski definition) is 1. The van der Waals surface area contributed by atoms with Gasteiger partial charge < -0.3 is 19.7 Å². The Hall–Kier alpha value is -3.02. The van der Waals surface area contributed by atoms with E-state index in [0.29, 0.717) is 31.2 Å². The number of ether oxygens (including phenoxy) is 2. The first kappa shape index (κ1) is 27.2. The SMILES string of the molecule is CC[C@H](C(=O)NCC(C)C)N(Cc1ccc(OC)cc1)C(=O)COc1ccccc1C(C)(C)C. The average Bonchev–Trinajstić information content (AvgIpc) is 2.81.